The van der Waals surface area contributed by atoms with Crippen molar-refractivity contribution in [3.63, 3.8) is 0 Å². The van der Waals surface area contributed by atoms with Crippen LogP contribution in [0.5, 0.6) is 5.88 Å². The molecule has 0 spiro atoms. The van der Waals surface area contributed by atoms with Gasteiger partial charge in [-0.1, -0.05) is 18.2 Å². The molecule has 2 aromatic carbocycles. The first-order valence-electron chi connectivity index (χ1n) is 8.43. The highest BCUT2D eigenvalue weighted by molar-refractivity contribution is 7.92. The van der Waals surface area contributed by atoms with Crippen LogP contribution >= 0.6 is 0 Å². The molecule has 0 amide bonds. The number of sulfonamides is 1. The molecule has 1 heterocycles. The van der Waals surface area contributed by atoms with Crippen molar-refractivity contribution in [3.05, 3.63) is 67.0 Å². The maximum atomic E-state index is 12.5. The summed E-state index contributed by atoms with van der Waals surface area (Å²) in [7, 11) is -2.46. The zero-order chi connectivity index (χ0) is 20.5. The zero-order valence-electron chi connectivity index (χ0n) is 15.4. The van der Waals surface area contributed by atoms with E-state index in [4.69, 9.17) is 4.74 Å². The Balaban J connectivity index is 1.63. The van der Waals surface area contributed by atoms with Crippen molar-refractivity contribution < 1.29 is 13.2 Å². The van der Waals surface area contributed by atoms with Crippen LogP contribution in [-0.4, -0.2) is 37.9 Å². The highest BCUT2D eigenvalue weighted by atomic mass is 32.2. The first kappa shape index (κ1) is 20.0. The lowest BCUT2D eigenvalue weighted by molar-refractivity contribution is 0.398. The Morgan fingerprint density at radius 1 is 0.966 bits per heavy atom. The number of hydrogen-bond donors (Lipinski definition) is 2. The van der Waals surface area contributed by atoms with Crippen LogP contribution in [0.4, 0.5) is 17.2 Å². The summed E-state index contributed by atoms with van der Waals surface area (Å²) in [5, 5.41) is 4.02. The van der Waals surface area contributed by atoms with Gasteiger partial charge in [-0.2, -0.15) is 5.10 Å². The average Bonchev–Trinajstić information content (AvgIpc) is 2.75. The van der Waals surface area contributed by atoms with Gasteiger partial charge in [-0.05, 0) is 36.4 Å². The SMILES string of the molecule is COc1nccnc1NS(=O)(=O)c1ccc(N=CC=NNc2ccccc2)cc1. The maximum absolute atomic E-state index is 12.5. The maximum Gasteiger partial charge on any atom is 0.263 e. The van der Waals surface area contributed by atoms with E-state index in [1.807, 2.05) is 30.3 Å². The van der Waals surface area contributed by atoms with Gasteiger partial charge < -0.3 is 4.74 Å². The molecule has 0 aliphatic heterocycles. The number of nitrogens with zero attached hydrogens (tertiary/aromatic N) is 4. The monoisotopic (exact) mass is 410 g/mol. The fraction of sp³-hybridized carbons (Fsp3) is 0.0526. The van der Waals surface area contributed by atoms with E-state index in [1.165, 1.54) is 44.1 Å². The molecule has 0 aliphatic rings. The van der Waals surface area contributed by atoms with Gasteiger partial charge in [-0.15, -0.1) is 0 Å². The highest BCUT2D eigenvalue weighted by Gasteiger charge is 2.17. The molecular weight excluding hydrogens is 392 g/mol. The number of hydrogen-bond acceptors (Lipinski definition) is 8. The van der Waals surface area contributed by atoms with E-state index in [-0.39, 0.29) is 16.6 Å². The van der Waals surface area contributed by atoms with Crippen LogP contribution in [0.1, 0.15) is 0 Å². The van der Waals surface area contributed by atoms with Crippen molar-refractivity contribution in [2.24, 2.45) is 10.1 Å². The molecule has 0 bridgehead atoms. The van der Waals surface area contributed by atoms with Gasteiger partial charge in [0.15, 0.2) is 0 Å². The summed E-state index contributed by atoms with van der Waals surface area (Å²) in [4.78, 5) is 12.1. The number of para-hydroxylation sites is 1. The second-order valence-corrected chi connectivity index (χ2v) is 7.23. The van der Waals surface area contributed by atoms with Crippen molar-refractivity contribution in [2.75, 3.05) is 17.3 Å². The van der Waals surface area contributed by atoms with E-state index in [0.29, 0.717) is 5.69 Å². The summed E-state index contributed by atoms with van der Waals surface area (Å²) in [6.45, 7) is 0. The Kier molecular flexibility index (Phi) is 6.48. The van der Waals surface area contributed by atoms with Crippen LogP contribution in [0, 0.1) is 0 Å². The van der Waals surface area contributed by atoms with Gasteiger partial charge in [0.2, 0.25) is 5.82 Å². The summed E-state index contributed by atoms with van der Waals surface area (Å²) in [6, 6.07) is 15.5. The molecule has 10 heteroatoms. The molecule has 2 N–H and O–H groups in total. The van der Waals surface area contributed by atoms with Crippen LogP contribution in [0.25, 0.3) is 0 Å². The van der Waals surface area contributed by atoms with E-state index in [1.54, 1.807) is 12.1 Å². The van der Waals surface area contributed by atoms with Crippen LogP contribution in [0.3, 0.4) is 0 Å². The lowest BCUT2D eigenvalue weighted by Gasteiger charge is -2.09. The van der Waals surface area contributed by atoms with Gasteiger partial charge >= 0.3 is 0 Å². The van der Waals surface area contributed by atoms with E-state index in [0.717, 1.165) is 5.69 Å². The standard InChI is InChI=1S/C19H18N6O3S/c1-28-19-18(21-11-12-22-19)25-29(26,27)17-9-7-15(8-10-17)20-13-14-23-24-16-5-3-2-4-6-16/h2-14,24H,1H3,(H,21,25). The molecule has 0 unspecified atom stereocenters. The quantitative estimate of drug-likeness (QED) is 0.435. The molecule has 148 valence electrons. The van der Waals surface area contributed by atoms with Gasteiger partial charge in [-0.25, -0.2) is 18.4 Å². The molecule has 3 aromatic rings. The molecule has 0 aliphatic carbocycles. The fourth-order valence-corrected chi connectivity index (χ4v) is 3.23. The lowest BCUT2D eigenvalue weighted by Crippen LogP contribution is -2.14. The van der Waals surface area contributed by atoms with Gasteiger partial charge in [-0.3, -0.25) is 15.1 Å². The topological polar surface area (TPSA) is 118 Å². The molecule has 0 saturated carbocycles. The first-order chi connectivity index (χ1) is 14.1. The van der Waals surface area contributed by atoms with Crippen molar-refractivity contribution in [1.29, 1.82) is 0 Å². The normalized spacial score (nSPS) is 11.6. The Labute approximate surface area is 168 Å². The summed E-state index contributed by atoms with van der Waals surface area (Å²) in [5.74, 6) is 0.0971. The minimum atomic E-state index is -3.84. The summed E-state index contributed by atoms with van der Waals surface area (Å²) >= 11 is 0. The second kappa shape index (κ2) is 9.42. The summed E-state index contributed by atoms with van der Waals surface area (Å²) < 4.78 is 32.4. The second-order valence-electron chi connectivity index (χ2n) is 5.55. The smallest absolute Gasteiger partial charge is 0.263 e. The molecule has 0 saturated heterocycles. The fourth-order valence-electron chi connectivity index (χ4n) is 2.22. The largest absolute Gasteiger partial charge is 0.478 e. The van der Waals surface area contributed by atoms with E-state index in [2.05, 4.69) is 30.2 Å². The van der Waals surface area contributed by atoms with Crippen molar-refractivity contribution in [1.82, 2.24) is 9.97 Å². The number of nitrogens with one attached hydrogen (secondary N) is 2. The van der Waals surface area contributed by atoms with Crippen molar-refractivity contribution in [2.45, 2.75) is 4.90 Å². The zero-order valence-corrected chi connectivity index (χ0v) is 16.2. The molecule has 0 atom stereocenters. The van der Waals surface area contributed by atoms with E-state index < -0.39 is 10.0 Å². The number of aromatic nitrogens is 2. The number of aliphatic imine (C=N–C) groups is 1. The van der Waals surface area contributed by atoms with Crippen LogP contribution < -0.4 is 14.9 Å². The summed E-state index contributed by atoms with van der Waals surface area (Å²) in [6.07, 6.45) is 5.77. The molecule has 0 fully saturated rings. The van der Waals surface area contributed by atoms with Crippen molar-refractivity contribution >= 4 is 39.6 Å². The average molecular weight is 410 g/mol. The Hall–Kier alpha value is -3.79. The Morgan fingerprint density at radius 3 is 2.41 bits per heavy atom. The molecule has 0 radical (unpaired) electrons. The number of hydrazone groups is 1. The molecule has 9 nitrogen and oxygen atoms in total. The van der Waals surface area contributed by atoms with Gasteiger partial charge in [0, 0.05) is 18.6 Å². The number of anilines is 2. The lowest BCUT2D eigenvalue weighted by atomic mass is 10.3. The van der Waals surface area contributed by atoms with E-state index in [9.17, 15) is 8.42 Å². The number of rotatable bonds is 8. The van der Waals surface area contributed by atoms with Crippen LogP contribution in [-0.2, 0) is 10.0 Å². The molecule has 29 heavy (non-hydrogen) atoms. The molecular formula is C19H18N6O3S. The van der Waals surface area contributed by atoms with E-state index >= 15 is 0 Å². The number of benzene rings is 2. The van der Waals surface area contributed by atoms with Crippen LogP contribution in [0.15, 0.2) is 82.0 Å². The number of methoxy groups -OCH3 is 1. The molecule has 3 rings (SSSR count). The van der Waals surface area contributed by atoms with Gasteiger partial charge in [0.25, 0.3) is 15.9 Å². The van der Waals surface area contributed by atoms with Crippen LogP contribution in [0.2, 0.25) is 0 Å². The Bertz CT molecular complexity index is 1100. The van der Waals surface area contributed by atoms with Gasteiger partial charge in [0.1, 0.15) is 0 Å². The highest BCUT2D eigenvalue weighted by Crippen LogP contribution is 2.22. The third-order valence-corrected chi connectivity index (χ3v) is 4.92. The molecule has 1 aromatic heterocycles. The predicted octanol–water partition coefficient (Wildman–Crippen LogP) is 3.09. The minimum absolute atomic E-state index is 0.0132. The van der Waals surface area contributed by atoms with Crippen molar-refractivity contribution in [3.8, 4) is 5.88 Å². The predicted molar refractivity (Wildman–Crippen MR) is 113 cm³/mol. The first-order valence-corrected chi connectivity index (χ1v) is 9.91. The third-order valence-electron chi connectivity index (χ3n) is 3.57. The summed E-state index contributed by atoms with van der Waals surface area (Å²) in [5.41, 5.74) is 4.30. The third kappa shape index (κ3) is 5.59. The van der Waals surface area contributed by atoms with Gasteiger partial charge in [0.05, 0.1) is 29.6 Å². The Morgan fingerprint density at radius 2 is 1.69 bits per heavy atom. The number of ether oxygens (including phenoxy) is 1. The minimum Gasteiger partial charge on any atom is -0.478 e.